The molecule has 0 saturated carbocycles. The van der Waals surface area contributed by atoms with Crippen molar-refractivity contribution in [2.75, 3.05) is 25.0 Å². The maximum Gasteiger partial charge on any atom is 0.250 e. The predicted molar refractivity (Wildman–Crippen MR) is 132 cm³/mol. The van der Waals surface area contributed by atoms with E-state index in [1.165, 1.54) is 0 Å². The van der Waals surface area contributed by atoms with Gasteiger partial charge in [-0.25, -0.2) is 0 Å². The smallest absolute Gasteiger partial charge is 0.250 e. The van der Waals surface area contributed by atoms with Crippen LogP contribution in [0.15, 0.2) is 42.5 Å². The summed E-state index contributed by atoms with van der Waals surface area (Å²) >= 11 is 0. The molecule has 35 heavy (non-hydrogen) atoms. The van der Waals surface area contributed by atoms with Crippen molar-refractivity contribution in [2.45, 2.75) is 56.8 Å². The topological polar surface area (TPSA) is 108 Å². The van der Waals surface area contributed by atoms with Crippen LogP contribution in [0.3, 0.4) is 0 Å². The summed E-state index contributed by atoms with van der Waals surface area (Å²) in [5.74, 6) is -1.90. The zero-order chi connectivity index (χ0) is 24.6. The molecule has 2 unspecified atom stereocenters. The van der Waals surface area contributed by atoms with Gasteiger partial charge in [-0.2, -0.15) is 0 Å². The predicted octanol–water partition coefficient (Wildman–Crippen LogP) is 2.45. The SMILES string of the molecule is CCCNC(=O)[C@@H]1[C@@H]2CCC3(O2)C(C(=O)Nc2ccc4ccccc4c2)N(CCCCO)C(=O)[C@H]13. The molecule has 1 spiro atoms. The maximum atomic E-state index is 13.8. The highest BCUT2D eigenvalue weighted by Gasteiger charge is 2.74. The van der Waals surface area contributed by atoms with Gasteiger partial charge in [0.1, 0.15) is 11.6 Å². The Labute approximate surface area is 205 Å². The number of carbonyl (C=O) groups excluding carboxylic acids is 3. The second-order valence-electron chi connectivity index (χ2n) is 9.86. The molecular weight excluding hydrogens is 446 g/mol. The number of anilines is 1. The molecule has 0 aliphatic carbocycles. The highest BCUT2D eigenvalue weighted by atomic mass is 16.5. The highest BCUT2D eigenvalue weighted by Crippen LogP contribution is 2.58. The van der Waals surface area contributed by atoms with E-state index in [4.69, 9.17) is 4.74 Å². The second kappa shape index (κ2) is 9.59. The van der Waals surface area contributed by atoms with Crippen LogP contribution in [-0.2, 0) is 19.1 Å². The Morgan fingerprint density at radius 2 is 1.94 bits per heavy atom. The van der Waals surface area contributed by atoms with Crippen molar-refractivity contribution in [1.29, 1.82) is 0 Å². The number of nitrogens with one attached hydrogen (secondary N) is 2. The Morgan fingerprint density at radius 3 is 2.71 bits per heavy atom. The van der Waals surface area contributed by atoms with Crippen molar-refractivity contribution in [3.8, 4) is 0 Å². The third-order valence-corrected chi connectivity index (χ3v) is 7.72. The molecule has 3 N–H and O–H groups in total. The summed E-state index contributed by atoms with van der Waals surface area (Å²) in [6, 6.07) is 12.8. The maximum absolute atomic E-state index is 13.8. The zero-order valence-electron chi connectivity index (χ0n) is 20.0. The minimum Gasteiger partial charge on any atom is -0.396 e. The van der Waals surface area contributed by atoms with Gasteiger partial charge in [0, 0.05) is 25.4 Å². The third-order valence-electron chi connectivity index (χ3n) is 7.72. The Morgan fingerprint density at radius 1 is 1.14 bits per heavy atom. The first-order valence-corrected chi connectivity index (χ1v) is 12.7. The number of amides is 3. The van der Waals surface area contributed by atoms with Gasteiger partial charge < -0.3 is 25.4 Å². The molecule has 0 aromatic heterocycles. The van der Waals surface area contributed by atoms with E-state index < -0.39 is 23.5 Å². The fraction of sp³-hybridized carbons (Fsp3) is 0.519. The number of aliphatic hydroxyl groups is 1. The molecule has 8 nitrogen and oxygen atoms in total. The number of ether oxygens (including phenoxy) is 1. The van der Waals surface area contributed by atoms with Crippen molar-refractivity contribution in [1.82, 2.24) is 10.2 Å². The molecule has 0 radical (unpaired) electrons. The average Bonchev–Trinajstić information content (AvgIpc) is 3.50. The lowest BCUT2D eigenvalue weighted by Crippen LogP contribution is -2.53. The molecule has 3 saturated heterocycles. The normalized spacial score (nSPS) is 29.0. The lowest BCUT2D eigenvalue weighted by molar-refractivity contribution is -0.140. The molecule has 2 aromatic rings. The molecule has 3 aliphatic heterocycles. The fourth-order valence-electron chi connectivity index (χ4n) is 6.23. The van der Waals surface area contributed by atoms with Crippen molar-refractivity contribution in [2.24, 2.45) is 11.8 Å². The minimum absolute atomic E-state index is 0.0190. The molecule has 5 atom stereocenters. The van der Waals surface area contributed by atoms with Crippen molar-refractivity contribution in [3.63, 3.8) is 0 Å². The standard InChI is InChI=1S/C27H33N3O5/c1-2-13-28-24(32)21-20-11-12-27(35-20)22(21)26(34)30(14-5-6-15-31)23(27)25(33)29-19-10-9-17-7-3-4-8-18(17)16-19/h3-4,7-10,16,20-23,31H,2,5-6,11-15H2,1H3,(H,28,32)(H,29,33)/t20-,21+,22-,23?,27?/m0/s1. The number of likely N-dealkylation sites (tertiary alicyclic amines) is 1. The Bertz CT molecular complexity index is 1140. The third kappa shape index (κ3) is 3.98. The van der Waals surface area contributed by atoms with Crippen LogP contribution in [0, 0.1) is 11.8 Å². The highest BCUT2D eigenvalue weighted by molar-refractivity contribution is 6.04. The Kier molecular flexibility index (Phi) is 6.51. The first-order valence-electron chi connectivity index (χ1n) is 12.7. The number of unbranched alkanes of at least 4 members (excludes halogenated alkanes) is 1. The molecule has 2 bridgehead atoms. The summed E-state index contributed by atoms with van der Waals surface area (Å²) < 4.78 is 6.41. The van der Waals surface area contributed by atoms with E-state index in [2.05, 4.69) is 10.6 Å². The number of fused-ring (bicyclic) bond motifs is 2. The van der Waals surface area contributed by atoms with Crippen LogP contribution >= 0.6 is 0 Å². The van der Waals surface area contributed by atoms with E-state index in [-0.39, 0.29) is 30.4 Å². The van der Waals surface area contributed by atoms with Crippen LogP contribution in [0.25, 0.3) is 10.8 Å². The van der Waals surface area contributed by atoms with Crippen LogP contribution in [0.1, 0.15) is 39.0 Å². The lowest BCUT2D eigenvalue weighted by atomic mass is 9.70. The van der Waals surface area contributed by atoms with Gasteiger partial charge in [0.2, 0.25) is 17.7 Å². The molecule has 5 rings (SSSR count). The molecular formula is C27H33N3O5. The summed E-state index contributed by atoms with van der Waals surface area (Å²) in [7, 11) is 0. The number of hydrogen-bond donors (Lipinski definition) is 3. The number of benzene rings is 2. The van der Waals surface area contributed by atoms with Crippen LogP contribution < -0.4 is 10.6 Å². The number of hydrogen-bond acceptors (Lipinski definition) is 5. The van der Waals surface area contributed by atoms with Crippen LogP contribution in [0.5, 0.6) is 0 Å². The fourth-order valence-corrected chi connectivity index (χ4v) is 6.23. The van der Waals surface area contributed by atoms with Crippen LogP contribution in [0.2, 0.25) is 0 Å². The quantitative estimate of drug-likeness (QED) is 0.479. The number of nitrogens with zero attached hydrogens (tertiary/aromatic N) is 1. The van der Waals surface area contributed by atoms with Gasteiger partial charge in [0.15, 0.2) is 0 Å². The molecule has 186 valence electrons. The second-order valence-corrected chi connectivity index (χ2v) is 9.86. The van der Waals surface area contributed by atoms with E-state index in [9.17, 15) is 19.5 Å². The van der Waals surface area contributed by atoms with Gasteiger partial charge in [0.05, 0.1) is 17.9 Å². The van der Waals surface area contributed by atoms with E-state index in [0.717, 1.165) is 17.2 Å². The van der Waals surface area contributed by atoms with Gasteiger partial charge in [-0.15, -0.1) is 0 Å². The van der Waals surface area contributed by atoms with Crippen molar-refractivity contribution >= 4 is 34.2 Å². The molecule has 2 aromatic carbocycles. The summed E-state index contributed by atoms with van der Waals surface area (Å²) in [6.45, 7) is 2.88. The largest absolute Gasteiger partial charge is 0.396 e. The first-order chi connectivity index (χ1) is 17.0. The summed E-state index contributed by atoms with van der Waals surface area (Å²) in [4.78, 5) is 42.1. The molecule has 3 heterocycles. The van der Waals surface area contributed by atoms with E-state index in [1.807, 2.05) is 49.4 Å². The van der Waals surface area contributed by atoms with Crippen molar-refractivity contribution < 1.29 is 24.2 Å². The van der Waals surface area contributed by atoms with E-state index in [0.29, 0.717) is 44.5 Å². The number of carbonyl (C=O) groups is 3. The Balaban J connectivity index is 1.45. The summed E-state index contributed by atoms with van der Waals surface area (Å²) in [5.41, 5.74) is -0.350. The van der Waals surface area contributed by atoms with Crippen LogP contribution in [-0.4, -0.2) is 65.2 Å². The number of rotatable bonds is 9. The minimum atomic E-state index is -1.00. The van der Waals surface area contributed by atoms with E-state index >= 15 is 0 Å². The van der Waals surface area contributed by atoms with Crippen molar-refractivity contribution in [3.05, 3.63) is 42.5 Å². The van der Waals surface area contributed by atoms with E-state index in [1.54, 1.807) is 4.90 Å². The summed E-state index contributed by atoms with van der Waals surface area (Å²) in [6.07, 6.45) is 2.77. The van der Waals surface area contributed by atoms with Gasteiger partial charge in [-0.3, -0.25) is 14.4 Å². The molecule has 3 amide bonds. The number of aliphatic hydroxyl groups excluding tert-OH is 1. The Hall–Kier alpha value is -2.97. The van der Waals surface area contributed by atoms with Gasteiger partial charge in [-0.1, -0.05) is 37.3 Å². The van der Waals surface area contributed by atoms with Gasteiger partial charge in [-0.05, 0) is 55.0 Å². The van der Waals surface area contributed by atoms with Gasteiger partial charge >= 0.3 is 0 Å². The monoisotopic (exact) mass is 479 g/mol. The summed E-state index contributed by atoms with van der Waals surface area (Å²) in [5, 5.41) is 17.3. The molecule has 8 heteroatoms. The van der Waals surface area contributed by atoms with Crippen LogP contribution in [0.4, 0.5) is 5.69 Å². The first kappa shape index (κ1) is 23.8. The van der Waals surface area contributed by atoms with Gasteiger partial charge in [0.25, 0.3) is 0 Å². The average molecular weight is 480 g/mol. The lowest BCUT2D eigenvalue weighted by Gasteiger charge is -2.33. The molecule has 3 fully saturated rings. The molecule has 3 aliphatic rings. The zero-order valence-corrected chi connectivity index (χ0v) is 20.0.